The smallest absolute Gasteiger partial charge is 0.0621 e. The van der Waals surface area contributed by atoms with Crippen molar-refractivity contribution in [1.82, 2.24) is 4.98 Å². The van der Waals surface area contributed by atoms with Crippen LogP contribution in [-0.4, -0.2) is 4.98 Å². The van der Waals surface area contributed by atoms with Crippen molar-refractivity contribution in [3.05, 3.63) is 64.9 Å². The molecule has 0 aliphatic carbocycles. The summed E-state index contributed by atoms with van der Waals surface area (Å²) in [6, 6.07) is 12.0. The van der Waals surface area contributed by atoms with E-state index < -0.39 is 0 Å². The van der Waals surface area contributed by atoms with Crippen molar-refractivity contribution < 1.29 is 0 Å². The predicted molar refractivity (Wildman–Crippen MR) is 72.6 cm³/mol. The van der Waals surface area contributed by atoms with Crippen molar-refractivity contribution in [2.24, 2.45) is 0 Å². The summed E-state index contributed by atoms with van der Waals surface area (Å²) in [5, 5.41) is 0.741. The van der Waals surface area contributed by atoms with Crippen molar-refractivity contribution >= 4 is 23.2 Å². The third kappa shape index (κ3) is 3.45. The fraction of sp³-hybridized carbons (Fsp3) is 0.214. The van der Waals surface area contributed by atoms with Crippen LogP contribution in [0, 0.1) is 0 Å². The average molecular weight is 266 g/mol. The van der Waals surface area contributed by atoms with Crippen LogP contribution in [0.4, 0.5) is 0 Å². The number of halogens is 2. The molecule has 1 aromatic carbocycles. The summed E-state index contributed by atoms with van der Waals surface area (Å²) in [5.41, 5.74) is 2.25. The zero-order valence-electron chi connectivity index (χ0n) is 9.31. The summed E-state index contributed by atoms with van der Waals surface area (Å²) in [7, 11) is 0. The van der Waals surface area contributed by atoms with Crippen LogP contribution in [-0.2, 0) is 6.42 Å². The number of pyridine rings is 1. The Hall–Kier alpha value is -1.05. The molecule has 0 aliphatic heterocycles. The minimum atomic E-state index is 0.0282. The number of nitrogens with zero attached hydrogens (tertiary/aromatic N) is 1. The molecule has 1 nitrogen and oxygen atoms in total. The van der Waals surface area contributed by atoms with E-state index in [0.29, 0.717) is 5.02 Å². The number of hydrogen-bond acceptors (Lipinski definition) is 1. The highest BCUT2D eigenvalue weighted by Gasteiger charge is 2.08. The lowest BCUT2D eigenvalue weighted by atomic mass is 10.0. The quantitative estimate of drug-likeness (QED) is 0.734. The van der Waals surface area contributed by atoms with Gasteiger partial charge in [-0.25, -0.2) is 0 Å². The van der Waals surface area contributed by atoms with E-state index in [2.05, 4.69) is 4.98 Å². The second-order valence-corrected chi connectivity index (χ2v) is 4.82. The zero-order valence-corrected chi connectivity index (χ0v) is 10.8. The third-order valence-electron chi connectivity index (χ3n) is 2.68. The van der Waals surface area contributed by atoms with Gasteiger partial charge in [-0.15, -0.1) is 11.6 Å². The van der Waals surface area contributed by atoms with Gasteiger partial charge in [-0.05, 0) is 30.0 Å². The maximum absolute atomic E-state index is 6.35. The Bertz CT molecular complexity index is 471. The van der Waals surface area contributed by atoms with Gasteiger partial charge in [0.1, 0.15) is 0 Å². The Balaban J connectivity index is 1.97. The fourth-order valence-electron chi connectivity index (χ4n) is 1.72. The topological polar surface area (TPSA) is 12.9 Å². The summed E-state index contributed by atoms with van der Waals surface area (Å²) in [4.78, 5) is 3.97. The van der Waals surface area contributed by atoms with Crippen molar-refractivity contribution in [3.63, 3.8) is 0 Å². The first-order valence-electron chi connectivity index (χ1n) is 5.55. The first-order valence-corrected chi connectivity index (χ1v) is 6.36. The molecule has 2 aromatic rings. The molecule has 0 N–H and O–H groups in total. The van der Waals surface area contributed by atoms with Crippen molar-refractivity contribution in [3.8, 4) is 0 Å². The lowest BCUT2D eigenvalue weighted by Gasteiger charge is -2.10. The molecule has 1 unspecified atom stereocenters. The standard InChI is InChI=1S/C14H13Cl2N/c15-13(11-4-2-1-3-5-11)7-6-12-8-9-17-10-14(12)16/h1-5,8-10,13H,6-7H2. The van der Waals surface area contributed by atoms with Crippen LogP contribution in [0.25, 0.3) is 0 Å². The van der Waals surface area contributed by atoms with Crippen LogP contribution in [0.15, 0.2) is 48.8 Å². The van der Waals surface area contributed by atoms with Gasteiger partial charge in [0, 0.05) is 12.4 Å². The largest absolute Gasteiger partial charge is 0.263 e. The molecule has 0 amide bonds. The van der Waals surface area contributed by atoms with Gasteiger partial charge in [0.25, 0.3) is 0 Å². The highest BCUT2D eigenvalue weighted by molar-refractivity contribution is 6.31. The normalized spacial score (nSPS) is 12.4. The van der Waals surface area contributed by atoms with Crippen molar-refractivity contribution in [2.75, 3.05) is 0 Å². The summed E-state index contributed by atoms with van der Waals surface area (Å²) in [6.07, 6.45) is 5.16. The highest BCUT2D eigenvalue weighted by Crippen LogP contribution is 2.27. The Morgan fingerprint density at radius 2 is 1.88 bits per heavy atom. The van der Waals surface area contributed by atoms with Crippen LogP contribution in [0.2, 0.25) is 5.02 Å². The first-order chi connectivity index (χ1) is 8.27. The summed E-state index contributed by atoms with van der Waals surface area (Å²) >= 11 is 12.4. The summed E-state index contributed by atoms with van der Waals surface area (Å²) in [5.74, 6) is 0. The Morgan fingerprint density at radius 3 is 2.59 bits per heavy atom. The number of rotatable bonds is 4. The molecule has 17 heavy (non-hydrogen) atoms. The van der Waals surface area contributed by atoms with Crippen LogP contribution in [0.3, 0.4) is 0 Å². The molecule has 88 valence electrons. The van der Waals surface area contributed by atoms with Gasteiger partial charge in [0.05, 0.1) is 10.4 Å². The molecule has 0 aliphatic rings. The van der Waals surface area contributed by atoms with Gasteiger partial charge in [-0.2, -0.15) is 0 Å². The molecule has 0 radical (unpaired) electrons. The first kappa shape index (κ1) is 12.4. The van der Waals surface area contributed by atoms with Gasteiger partial charge in [-0.1, -0.05) is 41.9 Å². The maximum atomic E-state index is 6.35. The molecule has 0 fully saturated rings. The van der Waals surface area contributed by atoms with Gasteiger partial charge >= 0.3 is 0 Å². The van der Waals surface area contributed by atoms with E-state index in [4.69, 9.17) is 23.2 Å². The van der Waals surface area contributed by atoms with Gasteiger partial charge in [0.2, 0.25) is 0 Å². The minimum Gasteiger partial charge on any atom is -0.263 e. The van der Waals surface area contributed by atoms with E-state index in [1.54, 1.807) is 12.4 Å². The Labute approximate surface area is 111 Å². The molecule has 0 spiro atoms. The summed E-state index contributed by atoms with van der Waals surface area (Å²) < 4.78 is 0. The fourth-order valence-corrected chi connectivity index (χ4v) is 2.19. The van der Waals surface area contributed by atoms with E-state index in [-0.39, 0.29) is 5.38 Å². The average Bonchev–Trinajstić information content (AvgIpc) is 2.38. The van der Waals surface area contributed by atoms with E-state index in [1.165, 1.54) is 0 Å². The van der Waals surface area contributed by atoms with Crippen LogP contribution < -0.4 is 0 Å². The molecule has 2 rings (SSSR count). The molecule has 3 heteroatoms. The minimum absolute atomic E-state index is 0.0282. The second kappa shape index (κ2) is 6.04. The van der Waals surface area contributed by atoms with Gasteiger partial charge in [-0.3, -0.25) is 4.98 Å². The number of aromatic nitrogens is 1. The van der Waals surface area contributed by atoms with Crippen LogP contribution in [0.1, 0.15) is 22.9 Å². The third-order valence-corrected chi connectivity index (χ3v) is 3.50. The predicted octanol–water partition coefficient (Wildman–Crippen LogP) is 4.65. The molecular formula is C14H13Cl2N. The molecule has 1 aromatic heterocycles. The second-order valence-electron chi connectivity index (χ2n) is 3.88. The molecule has 1 heterocycles. The number of hydrogen-bond donors (Lipinski definition) is 0. The number of aryl methyl sites for hydroxylation is 1. The Kier molecular flexibility index (Phi) is 4.41. The van der Waals surface area contributed by atoms with E-state index in [1.807, 2.05) is 36.4 Å². The maximum Gasteiger partial charge on any atom is 0.0621 e. The zero-order chi connectivity index (χ0) is 12.1. The van der Waals surface area contributed by atoms with Crippen molar-refractivity contribution in [2.45, 2.75) is 18.2 Å². The van der Waals surface area contributed by atoms with Gasteiger partial charge < -0.3 is 0 Å². The van der Waals surface area contributed by atoms with E-state index in [9.17, 15) is 0 Å². The number of benzene rings is 1. The lowest BCUT2D eigenvalue weighted by molar-refractivity contribution is 0.792. The lowest BCUT2D eigenvalue weighted by Crippen LogP contribution is -1.94. The van der Waals surface area contributed by atoms with E-state index in [0.717, 1.165) is 24.0 Å². The Morgan fingerprint density at radius 1 is 1.12 bits per heavy atom. The van der Waals surface area contributed by atoms with Crippen LogP contribution >= 0.6 is 23.2 Å². The SMILES string of the molecule is Clc1cnccc1CCC(Cl)c1ccccc1. The number of alkyl halides is 1. The molecule has 0 bridgehead atoms. The summed E-state index contributed by atoms with van der Waals surface area (Å²) in [6.45, 7) is 0. The highest BCUT2D eigenvalue weighted by atomic mass is 35.5. The van der Waals surface area contributed by atoms with Crippen molar-refractivity contribution in [1.29, 1.82) is 0 Å². The molecule has 0 saturated heterocycles. The van der Waals surface area contributed by atoms with E-state index >= 15 is 0 Å². The molecular weight excluding hydrogens is 253 g/mol. The van der Waals surface area contributed by atoms with Crippen LogP contribution in [0.5, 0.6) is 0 Å². The monoisotopic (exact) mass is 265 g/mol. The molecule has 0 saturated carbocycles. The van der Waals surface area contributed by atoms with Gasteiger partial charge in [0.15, 0.2) is 0 Å². The molecule has 1 atom stereocenters.